The minimum atomic E-state index is 0.0795. The number of hydrogen-bond donors (Lipinski definition) is 2. The Morgan fingerprint density at radius 3 is 2.35 bits per heavy atom. The third kappa shape index (κ3) is 5.29. The summed E-state index contributed by atoms with van der Waals surface area (Å²) in [7, 11) is 1.82. The molecule has 0 amide bonds. The lowest BCUT2D eigenvalue weighted by Gasteiger charge is -2.45. The molecule has 2 unspecified atom stereocenters. The maximum atomic E-state index is 5.81. The van der Waals surface area contributed by atoms with E-state index in [9.17, 15) is 0 Å². The summed E-state index contributed by atoms with van der Waals surface area (Å²) < 4.78 is 5.81. The maximum Gasteiger partial charge on any atom is 0.191 e. The highest BCUT2D eigenvalue weighted by molar-refractivity contribution is 5.79. The fourth-order valence-electron chi connectivity index (χ4n) is 2.55. The van der Waals surface area contributed by atoms with Crippen molar-refractivity contribution in [1.29, 1.82) is 0 Å². The van der Waals surface area contributed by atoms with E-state index < -0.39 is 0 Å². The SMILES string of the molecule is CCCNC(=NC)NCC(C)(C)N1CC(C)OC(C)C1. The van der Waals surface area contributed by atoms with Gasteiger partial charge in [-0.2, -0.15) is 0 Å². The van der Waals surface area contributed by atoms with Crippen LogP contribution in [0.25, 0.3) is 0 Å². The van der Waals surface area contributed by atoms with Crippen LogP contribution in [-0.2, 0) is 4.74 Å². The summed E-state index contributed by atoms with van der Waals surface area (Å²) in [6.45, 7) is 14.8. The molecule has 0 bridgehead atoms. The van der Waals surface area contributed by atoms with Gasteiger partial charge in [0.25, 0.3) is 0 Å². The van der Waals surface area contributed by atoms with Gasteiger partial charge in [-0.05, 0) is 34.1 Å². The van der Waals surface area contributed by atoms with Crippen LogP contribution < -0.4 is 10.6 Å². The van der Waals surface area contributed by atoms with E-state index in [2.05, 4.69) is 55.1 Å². The number of morpholine rings is 1. The van der Waals surface area contributed by atoms with Crippen molar-refractivity contribution in [2.45, 2.75) is 58.8 Å². The first-order valence-electron chi connectivity index (χ1n) is 7.74. The van der Waals surface area contributed by atoms with Gasteiger partial charge in [-0.1, -0.05) is 6.92 Å². The Balaban J connectivity index is 2.51. The van der Waals surface area contributed by atoms with Crippen LogP contribution in [-0.4, -0.2) is 61.8 Å². The van der Waals surface area contributed by atoms with Crippen LogP contribution in [0.5, 0.6) is 0 Å². The number of rotatable bonds is 5. The van der Waals surface area contributed by atoms with Crippen LogP contribution in [0, 0.1) is 0 Å². The molecule has 1 saturated heterocycles. The molecule has 0 saturated carbocycles. The van der Waals surface area contributed by atoms with Gasteiger partial charge in [0.2, 0.25) is 0 Å². The van der Waals surface area contributed by atoms with Crippen molar-refractivity contribution in [3.63, 3.8) is 0 Å². The van der Waals surface area contributed by atoms with Crippen molar-refractivity contribution in [1.82, 2.24) is 15.5 Å². The normalized spacial score (nSPS) is 25.6. The van der Waals surface area contributed by atoms with Gasteiger partial charge in [-0.3, -0.25) is 9.89 Å². The Kier molecular flexibility index (Phi) is 6.76. The molecule has 0 spiro atoms. The molecule has 1 aliphatic rings. The predicted molar refractivity (Wildman–Crippen MR) is 85.3 cm³/mol. The minimum Gasteiger partial charge on any atom is -0.373 e. The van der Waals surface area contributed by atoms with Crippen LogP contribution in [0.1, 0.15) is 41.0 Å². The second-order valence-corrected chi connectivity index (χ2v) is 6.33. The Hall–Kier alpha value is -0.810. The Labute approximate surface area is 124 Å². The van der Waals surface area contributed by atoms with Gasteiger partial charge in [0.15, 0.2) is 5.96 Å². The molecule has 0 aromatic rings. The van der Waals surface area contributed by atoms with Gasteiger partial charge < -0.3 is 15.4 Å². The molecule has 118 valence electrons. The molecule has 20 heavy (non-hydrogen) atoms. The van der Waals surface area contributed by atoms with Gasteiger partial charge in [0.1, 0.15) is 0 Å². The topological polar surface area (TPSA) is 48.9 Å². The molecule has 0 aromatic heterocycles. The van der Waals surface area contributed by atoms with E-state index in [1.54, 1.807) is 0 Å². The maximum absolute atomic E-state index is 5.81. The third-order valence-corrected chi connectivity index (χ3v) is 3.73. The highest BCUT2D eigenvalue weighted by atomic mass is 16.5. The molecule has 1 fully saturated rings. The highest BCUT2D eigenvalue weighted by Gasteiger charge is 2.33. The Bertz CT molecular complexity index is 307. The van der Waals surface area contributed by atoms with Crippen LogP contribution in [0.2, 0.25) is 0 Å². The fraction of sp³-hybridized carbons (Fsp3) is 0.933. The van der Waals surface area contributed by atoms with E-state index in [1.165, 1.54) is 0 Å². The fourth-order valence-corrected chi connectivity index (χ4v) is 2.55. The van der Waals surface area contributed by atoms with Crippen molar-refractivity contribution in [2.75, 3.05) is 33.2 Å². The number of ether oxygens (including phenoxy) is 1. The quantitative estimate of drug-likeness (QED) is 0.592. The van der Waals surface area contributed by atoms with Crippen molar-refractivity contribution in [3.8, 4) is 0 Å². The molecule has 0 aromatic carbocycles. The second-order valence-electron chi connectivity index (χ2n) is 6.33. The largest absolute Gasteiger partial charge is 0.373 e. The number of aliphatic imine (C=N–C) groups is 1. The minimum absolute atomic E-state index is 0.0795. The molecule has 0 aliphatic carbocycles. The van der Waals surface area contributed by atoms with Crippen molar-refractivity contribution in [2.24, 2.45) is 4.99 Å². The number of hydrogen-bond acceptors (Lipinski definition) is 3. The lowest BCUT2D eigenvalue weighted by atomic mass is 10.00. The zero-order chi connectivity index (χ0) is 15.2. The van der Waals surface area contributed by atoms with Gasteiger partial charge in [-0.25, -0.2) is 0 Å². The van der Waals surface area contributed by atoms with Crippen LogP contribution >= 0.6 is 0 Å². The van der Waals surface area contributed by atoms with E-state index in [4.69, 9.17) is 4.74 Å². The molecule has 2 atom stereocenters. The Morgan fingerprint density at radius 1 is 1.25 bits per heavy atom. The van der Waals surface area contributed by atoms with E-state index in [-0.39, 0.29) is 5.54 Å². The number of nitrogens with zero attached hydrogens (tertiary/aromatic N) is 2. The van der Waals surface area contributed by atoms with E-state index in [1.807, 2.05) is 7.05 Å². The van der Waals surface area contributed by atoms with Crippen LogP contribution in [0.4, 0.5) is 0 Å². The zero-order valence-electron chi connectivity index (χ0n) is 14.0. The monoisotopic (exact) mass is 284 g/mol. The summed E-state index contributed by atoms with van der Waals surface area (Å²) in [5.74, 6) is 0.884. The Morgan fingerprint density at radius 2 is 1.85 bits per heavy atom. The second kappa shape index (κ2) is 7.84. The number of guanidine groups is 1. The first-order chi connectivity index (χ1) is 9.39. The third-order valence-electron chi connectivity index (χ3n) is 3.73. The summed E-state index contributed by atoms with van der Waals surface area (Å²) >= 11 is 0. The summed E-state index contributed by atoms with van der Waals surface area (Å²) in [4.78, 5) is 6.76. The number of nitrogens with one attached hydrogen (secondary N) is 2. The molecular formula is C15H32N4O. The summed E-state index contributed by atoms with van der Waals surface area (Å²) in [5, 5.41) is 6.74. The van der Waals surface area contributed by atoms with Crippen LogP contribution in [0.3, 0.4) is 0 Å². The average Bonchev–Trinajstić information content (AvgIpc) is 2.38. The molecule has 2 N–H and O–H groups in total. The summed E-state index contributed by atoms with van der Waals surface area (Å²) in [6, 6.07) is 0. The van der Waals surface area contributed by atoms with Gasteiger partial charge in [-0.15, -0.1) is 0 Å². The lowest BCUT2D eigenvalue weighted by Crippen LogP contribution is -2.59. The zero-order valence-corrected chi connectivity index (χ0v) is 14.0. The van der Waals surface area contributed by atoms with Gasteiger partial charge >= 0.3 is 0 Å². The van der Waals surface area contributed by atoms with Crippen molar-refractivity contribution < 1.29 is 4.74 Å². The first-order valence-corrected chi connectivity index (χ1v) is 7.74. The molecule has 5 nitrogen and oxygen atoms in total. The molecule has 0 radical (unpaired) electrons. The van der Waals surface area contributed by atoms with E-state index >= 15 is 0 Å². The summed E-state index contributed by atoms with van der Waals surface area (Å²) in [5.41, 5.74) is 0.0795. The molecule has 1 heterocycles. The molecule has 5 heteroatoms. The molecular weight excluding hydrogens is 252 g/mol. The first kappa shape index (κ1) is 17.2. The van der Waals surface area contributed by atoms with Crippen LogP contribution in [0.15, 0.2) is 4.99 Å². The lowest BCUT2D eigenvalue weighted by molar-refractivity contribution is -0.0946. The average molecular weight is 284 g/mol. The molecule has 1 rings (SSSR count). The highest BCUT2D eigenvalue weighted by Crippen LogP contribution is 2.20. The van der Waals surface area contributed by atoms with Crippen molar-refractivity contribution >= 4 is 5.96 Å². The predicted octanol–water partition coefficient (Wildman–Crippen LogP) is 1.45. The van der Waals surface area contributed by atoms with Gasteiger partial charge in [0.05, 0.1) is 12.2 Å². The van der Waals surface area contributed by atoms with E-state index in [0.29, 0.717) is 12.2 Å². The smallest absolute Gasteiger partial charge is 0.191 e. The standard InChI is InChI=1S/C15H32N4O/c1-7-8-17-14(16-6)18-11-15(4,5)19-9-12(2)20-13(3)10-19/h12-13H,7-11H2,1-6H3,(H2,16,17,18). The van der Waals surface area contributed by atoms with Crippen molar-refractivity contribution in [3.05, 3.63) is 0 Å². The van der Waals surface area contributed by atoms with E-state index in [0.717, 1.165) is 38.6 Å². The van der Waals surface area contributed by atoms with Gasteiger partial charge in [0, 0.05) is 38.8 Å². The molecule has 1 aliphatic heterocycles. The summed E-state index contributed by atoms with van der Waals surface area (Å²) in [6.07, 6.45) is 1.70.